The van der Waals surface area contributed by atoms with E-state index in [1.807, 2.05) is 0 Å². The molecule has 2 rings (SSSR count). The van der Waals surface area contributed by atoms with Crippen LogP contribution in [-0.2, 0) is 0 Å². The smallest absolute Gasteiger partial charge is 0.168 e. The van der Waals surface area contributed by atoms with Gasteiger partial charge in [-0.15, -0.1) is 0 Å². The quantitative estimate of drug-likeness (QED) is 0.929. The first-order chi connectivity index (χ1) is 9.52. The van der Waals surface area contributed by atoms with Gasteiger partial charge in [-0.05, 0) is 25.1 Å². The van der Waals surface area contributed by atoms with Crippen LogP contribution >= 0.6 is 0 Å². The predicted molar refractivity (Wildman–Crippen MR) is 68.2 cm³/mol. The van der Waals surface area contributed by atoms with Gasteiger partial charge in [0.1, 0.15) is 17.6 Å². The number of halogens is 2. The molecule has 3 nitrogen and oxygen atoms in total. The fourth-order valence-electron chi connectivity index (χ4n) is 1.73. The summed E-state index contributed by atoms with van der Waals surface area (Å²) in [5.41, 5.74) is 0.136. The summed E-state index contributed by atoms with van der Waals surface area (Å²) in [5.74, 6) is -1.52. The topological polar surface area (TPSA) is 53.2 Å². The molecule has 1 N–H and O–H groups in total. The number of benzene rings is 2. The number of nitriles is 1. The molecule has 20 heavy (non-hydrogen) atoms. The third-order valence-electron chi connectivity index (χ3n) is 2.73. The maximum Gasteiger partial charge on any atom is 0.168 e. The summed E-state index contributed by atoms with van der Waals surface area (Å²) in [4.78, 5) is 0. The van der Waals surface area contributed by atoms with Gasteiger partial charge in [-0.2, -0.15) is 5.26 Å². The molecule has 0 amide bonds. The highest BCUT2D eigenvalue weighted by Gasteiger charge is 2.15. The number of aliphatic hydroxyl groups excluding tert-OH is 1. The van der Waals surface area contributed by atoms with Crippen molar-refractivity contribution in [3.63, 3.8) is 0 Å². The maximum atomic E-state index is 13.8. The number of hydrogen-bond donors (Lipinski definition) is 1. The molecule has 2 aromatic carbocycles. The van der Waals surface area contributed by atoms with Gasteiger partial charge in [0.2, 0.25) is 0 Å². The standard InChI is InChI=1S/C15H11F2NO2/c1-9(19)12-3-2-4-13(16)15(12)20-11-6-5-10(8-18)14(17)7-11/h2-7,9,19H,1H3. The molecule has 0 saturated carbocycles. The Morgan fingerprint density at radius 3 is 2.55 bits per heavy atom. The van der Waals surface area contributed by atoms with Crippen LogP contribution in [0.2, 0.25) is 0 Å². The van der Waals surface area contributed by atoms with Gasteiger partial charge >= 0.3 is 0 Å². The van der Waals surface area contributed by atoms with Crippen LogP contribution in [0.1, 0.15) is 24.2 Å². The van der Waals surface area contributed by atoms with Crippen molar-refractivity contribution in [2.24, 2.45) is 0 Å². The lowest BCUT2D eigenvalue weighted by Crippen LogP contribution is -1.99. The van der Waals surface area contributed by atoms with Crippen molar-refractivity contribution in [2.75, 3.05) is 0 Å². The van der Waals surface area contributed by atoms with Crippen molar-refractivity contribution in [2.45, 2.75) is 13.0 Å². The first kappa shape index (κ1) is 14.0. The summed E-state index contributed by atoms with van der Waals surface area (Å²) in [6.07, 6.45) is -0.927. The minimum atomic E-state index is -0.927. The van der Waals surface area contributed by atoms with Crippen LogP contribution in [0, 0.1) is 23.0 Å². The van der Waals surface area contributed by atoms with Gasteiger partial charge in [-0.3, -0.25) is 0 Å². The van der Waals surface area contributed by atoms with Crippen LogP contribution < -0.4 is 4.74 Å². The van der Waals surface area contributed by atoms with Crippen LogP contribution in [0.15, 0.2) is 36.4 Å². The van der Waals surface area contributed by atoms with Gasteiger partial charge in [0, 0.05) is 11.6 Å². The van der Waals surface area contributed by atoms with Gasteiger partial charge in [0.05, 0.1) is 11.7 Å². The minimum Gasteiger partial charge on any atom is -0.454 e. The van der Waals surface area contributed by atoms with E-state index in [4.69, 9.17) is 10.00 Å². The highest BCUT2D eigenvalue weighted by Crippen LogP contribution is 2.32. The van der Waals surface area contributed by atoms with Crippen LogP contribution in [0.25, 0.3) is 0 Å². The van der Waals surface area contributed by atoms with Crippen LogP contribution in [0.3, 0.4) is 0 Å². The van der Waals surface area contributed by atoms with E-state index in [2.05, 4.69) is 0 Å². The molecule has 0 aromatic heterocycles. The molecule has 1 unspecified atom stereocenters. The van der Waals surface area contributed by atoms with Crippen molar-refractivity contribution < 1.29 is 18.6 Å². The third-order valence-corrected chi connectivity index (χ3v) is 2.73. The summed E-state index contributed by atoms with van der Waals surface area (Å²) < 4.78 is 32.5. The number of para-hydroxylation sites is 1. The molecule has 0 saturated heterocycles. The molecule has 0 radical (unpaired) electrons. The summed E-state index contributed by atoms with van der Waals surface area (Å²) in [6, 6.07) is 9.43. The zero-order chi connectivity index (χ0) is 14.7. The lowest BCUT2D eigenvalue weighted by atomic mass is 10.1. The highest BCUT2D eigenvalue weighted by molar-refractivity contribution is 5.42. The monoisotopic (exact) mass is 275 g/mol. The Kier molecular flexibility index (Phi) is 3.97. The van der Waals surface area contributed by atoms with Gasteiger partial charge in [0.25, 0.3) is 0 Å². The molecule has 0 aliphatic heterocycles. The van der Waals surface area contributed by atoms with Crippen LogP contribution in [-0.4, -0.2) is 5.11 Å². The van der Waals surface area contributed by atoms with E-state index in [0.717, 1.165) is 6.07 Å². The lowest BCUT2D eigenvalue weighted by molar-refractivity contribution is 0.194. The van der Waals surface area contributed by atoms with Crippen molar-refractivity contribution in [1.29, 1.82) is 5.26 Å². The van der Waals surface area contributed by atoms with Crippen LogP contribution in [0.5, 0.6) is 11.5 Å². The fraction of sp³-hybridized carbons (Fsp3) is 0.133. The Bertz CT molecular complexity index is 678. The van der Waals surface area contributed by atoms with Crippen LogP contribution in [0.4, 0.5) is 8.78 Å². The summed E-state index contributed by atoms with van der Waals surface area (Å²) in [6.45, 7) is 1.47. The van der Waals surface area contributed by atoms with E-state index in [0.29, 0.717) is 0 Å². The summed E-state index contributed by atoms with van der Waals surface area (Å²) in [5, 5.41) is 18.2. The molecule has 0 aliphatic rings. The van der Waals surface area contributed by atoms with Crippen molar-refractivity contribution in [3.05, 3.63) is 59.2 Å². The zero-order valence-electron chi connectivity index (χ0n) is 10.6. The van der Waals surface area contributed by atoms with Gasteiger partial charge < -0.3 is 9.84 Å². The Morgan fingerprint density at radius 1 is 1.20 bits per heavy atom. The van der Waals surface area contributed by atoms with Gasteiger partial charge in [-0.25, -0.2) is 8.78 Å². The summed E-state index contributed by atoms with van der Waals surface area (Å²) >= 11 is 0. The average molecular weight is 275 g/mol. The molecule has 2 aromatic rings. The second-order valence-electron chi connectivity index (χ2n) is 4.19. The first-order valence-electron chi connectivity index (χ1n) is 5.87. The molecular formula is C15H11F2NO2. The normalized spacial score (nSPS) is 11.8. The summed E-state index contributed by atoms with van der Waals surface area (Å²) in [7, 11) is 0. The molecule has 0 aliphatic carbocycles. The molecular weight excluding hydrogens is 264 g/mol. The maximum absolute atomic E-state index is 13.8. The van der Waals surface area contributed by atoms with E-state index >= 15 is 0 Å². The van der Waals surface area contributed by atoms with E-state index in [1.54, 1.807) is 6.07 Å². The zero-order valence-corrected chi connectivity index (χ0v) is 10.6. The second kappa shape index (κ2) is 5.68. The van der Waals surface area contributed by atoms with Crippen molar-refractivity contribution >= 4 is 0 Å². The van der Waals surface area contributed by atoms with Crippen molar-refractivity contribution in [1.82, 2.24) is 0 Å². The SMILES string of the molecule is CC(O)c1cccc(F)c1Oc1ccc(C#N)c(F)c1. The lowest BCUT2D eigenvalue weighted by Gasteiger charge is -2.14. The molecule has 0 heterocycles. The predicted octanol–water partition coefficient (Wildman–Crippen LogP) is 3.68. The molecule has 5 heteroatoms. The van der Waals surface area contributed by atoms with Gasteiger partial charge in [0.15, 0.2) is 11.6 Å². The largest absolute Gasteiger partial charge is 0.454 e. The second-order valence-corrected chi connectivity index (χ2v) is 4.19. The number of ether oxygens (including phenoxy) is 1. The molecule has 1 atom stereocenters. The van der Waals surface area contributed by atoms with E-state index in [-0.39, 0.29) is 22.6 Å². The number of nitrogens with zero attached hydrogens (tertiary/aromatic N) is 1. The molecule has 0 bridgehead atoms. The Hall–Kier alpha value is -2.45. The van der Waals surface area contributed by atoms with Crippen molar-refractivity contribution in [3.8, 4) is 17.6 Å². The number of aliphatic hydroxyl groups is 1. The molecule has 0 spiro atoms. The van der Waals surface area contributed by atoms with Gasteiger partial charge in [-0.1, -0.05) is 12.1 Å². The fourth-order valence-corrected chi connectivity index (χ4v) is 1.73. The molecule has 102 valence electrons. The number of rotatable bonds is 3. The Balaban J connectivity index is 2.40. The highest BCUT2D eigenvalue weighted by atomic mass is 19.1. The minimum absolute atomic E-state index is 0.0495. The average Bonchev–Trinajstić information content (AvgIpc) is 2.41. The third kappa shape index (κ3) is 2.76. The Labute approximate surface area is 114 Å². The molecule has 0 fully saturated rings. The Morgan fingerprint density at radius 2 is 1.95 bits per heavy atom. The number of hydrogen-bond acceptors (Lipinski definition) is 3. The van der Waals surface area contributed by atoms with E-state index in [1.165, 1.54) is 37.3 Å². The van der Waals surface area contributed by atoms with E-state index in [9.17, 15) is 13.9 Å². The van der Waals surface area contributed by atoms with E-state index < -0.39 is 17.7 Å². The first-order valence-corrected chi connectivity index (χ1v) is 5.87.